The number of piperidine rings is 1. The van der Waals surface area contributed by atoms with Crippen molar-refractivity contribution in [1.29, 1.82) is 0 Å². The summed E-state index contributed by atoms with van der Waals surface area (Å²) in [6.07, 6.45) is 2.75. The monoisotopic (exact) mass is 659 g/mol. The molecule has 2 N–H and O–H groups in total. The normalized spacial score (nSPS) is 17.8. The number of ether oxygens (including phenoxy) is 2. The summed E-state index contributed by atoms with van der Waals surface area (Å²) in [6.45, 7) is 8.58. The lowest BCUT2D eigenvalue weighted by atomic mass is 9.91. The molecule has 2 aliphatic rings. The van der Waals surface area contributed by atoms with E-state index in [2.05, 4.69) is 42.7 Å². The standard InChI is InChI=1S/C34H39Cl2N3O4.ClH/c1-21-17-29(35)32(30(36)18-21)43-16-15-42-27-11-7-24(8-12-27)33(40)38-31-13-14-37-19-28(31)34(41)39(26-9-10-26)20-25-6-4-5-22(2)23(25)3;/h4-8,11-12,17-18,26,28,31,37H,9-10,13-16,19-20H2,1-3H3,(H,38,40);1H/t28?,31-;/m1./s1. The van der Waals surface area contributed by atoms with Crippen LogP contribution in [0.5, 0.6) is 11.5 Å². The van der Waals surface area contributed by atoms with Crippen LogP contribution in [0.3, 0.4) is 0 Å². The van der Waals surface area contributed by atoms with Gasteiger partial charge in [0.25, 0.3) is 5.91 Å². The van der Waals surface area contributed by atoms with E-state index in [1.165, 1.54) is 16.7 Å². The number of amides is 2. The number of hydrogen-bond donors (Lipinski definition) is 2. The van der Waals surface area contributed by atoms with Gasteiger partial charge in [0, 0.05) is 30.7 Å². The van der Waals surface area contributed by atoms with E-state index in [4.69, 9.17) is 32.7 Å². The molecule has 0 radical (unpaired) electrons. The summed E-state index contributed by atoms with van der Waals surface area (Å²) in [7, 11) is 0. The van der Waals surface area contributed by atoms with Gasteiger partial charge >= 0.3 is 0 Å². The predicted molar refractivity (Wildman–Crippen MR) is 178 cm³/mol. The minimum absolute atomic E-state index is 0. The van der Waals surface area contributed by atoms with Gasteiger partial charge in [-0.1, -0.05) is 41.4 Å². The molecule has 0 spiro atoms. The molecule has 0 aromatic heterocycles. The summed E-state index contributed by atoms with van der Waals surface area (Å²) < 4.78 is 11.5. The van der Waals surface area contributed by atoms with Gasteiger partial charge in [0.15, 0.2) is 5.75 Å². The van der Waals surface area contributed by atoms with Crippen molar-refractivity contribution >= 4 is 47.4 Å². The van der Waals surface area contributed by atoms with Crippen molar-refractivity contribution in [2.75, 3.05) is 26.3 Å². The van der Waals surface area contributed by atoms with Crippen molar-refractivity contribution in [3.63, 3.8) is 0 Å². The molecule has 0 bridgehead atoms. The van der Waals surface area contributed by atoms with Gasteiger partial charge in [-0.05, 0) is 105 Å². The van der Waals surface area contributed by atoms with Gasteiger partial charge in [0.2, 0.25) is 5.91 Å². The fourth-order valence-corrected chi connectivity index (χ4v) is 6.23. The van der Waals surface area contributed by atoms with Crippen molar-refractivity contribution in [2.45, 2.75) is 58.7 Å². The molecule has 1 aliphatic heterocycles. The van der Waals surface area contributed by atoms with Crippen LogP contribution < -0.4 is 20.1 Å². The van der Waals surface area contributed by atoms with E-state index in [0.29, 0.717) is 46.6 Å². The SMILES string of the molecule is Cc1cc(Cl)c(OCCOc2ccc(C(=O)N[C@@H]3CCNCC3C(=O)N(Cc3cccc(C)c3C)C3CC3)cc2)c(Cl)c1.Cl. The highest BCUT2D eigenvalue weighted by Crippen LogP contribution is 2.34. The molecule has 1 heterocycles. The van der Waals surface area contributed by atoms with Gasteiger partial charge < -0.3 is 25.0 Å². The van der Waals surface area contributed by atoms with Crippen molar-refractivity contribution < 1.29 is 19.1 Å². The fourth-order valence-electron chi connectivity index (χ4n) is 5.53. The molecule has 2 amide bonds. The van der Waals surface area contributed by atoms with Gasteiger partial charge in [-0.2, -0.15) is 0 Å². The quantitative estimate of drug-likeness (QED) is 0.224. The molecular formula is C34H40Cl3N3O4. The minimum Gasteiger partial charge on any atom is -0.490 e. The summed E-state index contributed by atoms with van der Waals surface area (Å²) in [5.74, 6) is 0.643. The first-order valence-electron chi connectivity index (χ1n) is 14.9. The zero-order valence-corrected chi connectivity index (χ0v) is 27.7. The predicted octanol–water partition coefficient (Wildman–Crippen LogP) is 6.70. The van der Waals surface area contributed by atoms with Crippen molar-refractivity contribution in [3.8, 4) is 11.5 Å². The molecule has 1 aliphatic carbocycles. The first-order chi connectivity index (χ1) is 20.7. The Morgan fingerprint density at radius 2 is 1.64 bits per heavy atom. The molecule has 10 heteroatoms. The number of carbonyl (C=O) groups is 2. The Kier molecular flexibility index (Phi) is 11.8. The molecule has 5 rings (SSSR count). The average Bonchev–Trinajstić information content (AvgIpc) is 3.83. The highest BCUT2D eigenvalue weighted by atomic mass is 35.5. The van der Waals surface area contributed by atoms with E-state index in [1.807, 2.05) is 11.8 Å². The lowest BCUT2D eigenvalue weighted by molar-refractivity contribution is -0.138. The molecule has 2 fully saturated rings. The summed E-state index contributed by atoms with van der Waals surface area (Å²) >= 11 is 12.5. The Morgan fingerprint density at radius 3 is 2.32 bits per heavy atom. The minimum atomic E-state index is -0.318. The molecule has 3 aromatic carbocycles. The number of hydrogen-bond acceptors (Lipinski definition) is 5. The van der Waals surface area contributed by atoms with E-state index in [9.17, 15) is 9.59 Å². The van der Waals surface area contributed by atoms with E-state index >= 15 is 0 Å². The number of carbonyl (C=O) groups excluding carboxylic acids is 2. The summed E-state index contributed by atoms with van der Waals surface area (Å²) in [5, 5.41) is 7.44. The van der Waals surface area contributed by atoms with Gasteiger partial charge in [-0.15, -0.1) is 12.4 Å². The molecule has 1 saturated carbocycles. The van der Waals surface area contributed by atoms with Crippen LogP contribution in [-0.2, 0) is 11.3 Å². The summed E-state index contributed by atoms with van der Waals surface area (Å²) in [6, 6.07) is 16.9. The molecule has 3 aromatic rings. The van der Waals surface area contributed by atoms with Gasteiger partial charge in [0.1, 0.15) is 19.0 Å². The van der Waals surface area contributed by atoms with Crippen LogP contribution in [0.25, 0.3) is 0 Å². The fraction of sp³-hybridized carbons (Fsp3) is 0.412. The number of rotatable bonds is 11. The maximum atomic E-state index is 13.9. The van der Waals surface area contributed by atoms with Crippen LogP contribution in [0.2, 0.25) is 10.0 Å². The molecule has 2 atom stereocenters. The first-order valence-corrected chi connectivity index (χ1v) is 15.7. The van der Waals surface area contributed by atoms with Crippen molar-refractivity contribution in [2.24, 2.45) is 5.92 Å². The average molecular weight is 661 g/mol. The highest BCUT2D eigenvalue weighted by Gasteiger charge is 2.40. The largest absolute Gasteiger partial charge is 0.490 e. The van der Waals surface area contributed by atoms with Gasteiger partial charge in [0.05, 0.1) is 16.0 Å². The van der Waals surface area contributed by atoms with E-state index in [-0.39, 0.29) is 55.4 Å². The highest BCUT2D eigenvalue weighted by molar-refractivity contribution is 6.37. The molecule has 44 heavy (non-hydrogen) atoms. The lowest BCUT2D eigenvalue weighted by Gasteiger charge is -2.36. The maximum Gasteiger partial charge on any atom is 0.251 e. The van der Waals surface area contributed by atoms with E-state index < -0.39 is 0 Å². The van der Waals surface area contributed by atoms with Crippen LogP contribution >= 0.6 is 35.6 Å². The zero-order chi connectivity index (χ0) is 30.5. The number of nitrogens with one attached hydrogen (secondary N) is 2. The second-order valence-corrected chi connectivity index (χ2v) is 12.3. The van der Waals surface area contributed by atoms with Gasteiger partial charge in [-0.3, -0.25) is 9.59 Å². The van der Waals surface area contributed by atoms with Crippen molar-refractivity contribution in [1.82, 2.24) is 15.5 Å². The first kappa shape index (κ1) is 33.9. The number of nitrogens with zero attached hydrogens (tertiary/aromatic N) is 1. The van der Waals surface area contributed by atoms with Crippen LogP contribution in [0.4, 0.5) is 0 Å². The topological polar surface area (TPSA) is 79.9 Å². The molecule has 7 nitrogen and oxygen atoms in total. The summed E-state index contributed by atoms with van der Waals surface area (Å²) in [4.78, 5) is 29.2. The maximum absolute atomic E-state index is 13.9. The molecule has 1 saturated heterocycles. The Hall–Kier alpha value is -2.97. The number of aryl methyl sites for hydroxylation is 2. The second kappa shape index (κ2) is 15.3. The Labute approximate surface area is 276 Å². The molecular weight excluding hydrogens is 621 g/mol. The summed E-state index contributed by atoms with van der Waals surface area (Å²) in [5.41, 5.74) is 5.11. The Bertz CT molecular complexity index is 1440. The Balaban J connectivity index is 0.00000442. The van der Waals surface area contributed by atoms with E-state index in [1.54, 1.807) is 36.4 Å². The van der Waals surface area contributed by atoms with Gasteiger partial charge in [-0.25, -0.2) is 0 Å². The third-order valence-corrected chi connectivity index (χ3v) is 8.86. The zero-order valence-electron chi connectivity index (χ0n) is 25.3. The second-order valence-electron chi connectivity index (χ2n) is 11.5. The number of halogens is 3. The third-order valence-electron chi connectivity index (χ3n) is 8.30. The molecule has 1 unspecified atom stereocenters. The number of benzene rings is 3. The van der Waals surface area contributed by atoms with Crippen molar-refractivity contribution in [3.05, 3.63) is 92.5 Å². The third kappa shape index (κ3) is 8.39. The molecule has 236 valence electrons. The van der Waals surface area contributed by atoms with Crippen LogP contribution in [-0.4, -0.2) is 55.1 Å². The van der Waals surface area contributed by atoms with E-state index in [0.717, 1.165) is 24.9 Å². The van der Waals surface area contributed by atoms with Crippen LogP contribution in [0.15, 0.2) is 54.6 Å². The Morgan fingerprint density at radius 1 is 0.955 bits per heavy atom. The lowest BCUT2D eigenvalue weighted by Crippen LogP contribution is -2.55. The van der Waals surface area contributed by atoms with Crippen LogP contribution in [0.1, 0.15) is 51.9 Å². The smallest absolute Gasteiger partial charge is 0.251 e. The van der Waals surface area contributed by atoms with Crippen LogP contribution in [0, 0.1) is 26.7 Å².